The summed E-state index contributed by atoms with van der Waals surface area (Å²) in [5.74, 6) is -3.54. The minimum Gasteiger partial charge on any atom is -0.481 e. The van der Waals surface area contributed by atoms with Crippen LogP contribution in [0.4, 0.5) is 0 Å². The van der Waals surface area contributed by atoms with E-state index in [-0.39, 0.29) is 31.0 Å². The third kappa shape index (κ3) is 2.67. The fraction of sp³-hybridized carbons (Fsp3) is 0.783. The molecule has 0 radical (unpaired) electrons. The van der Waals surface area contributed by atoms with Crippen molar-refractivity contribution in [1.29, 1.82) is 0 Å². The number of carboxylic acid groups (broad SMARTS) is 2. The number of hydrogen-bond acceptors (Lipinski definition) is 5. The fourth-order valence-corrected chi connectivity index (χ4v) is 7.61. The highest BCUT2D eigenvalue weighted by atomic mass is 16.4. The molecule has 0 bridgehead atoms. The minimum atomic E-state index is -1.26. The molecule has 0 saturated heterocycles. The van der Waals surface area contributed by atoms with Gasteiger partial charge in [-0.15, -0.1) is 0 Å². The highest BCUT2D eigenvalue weighted by Gasteiger charge is 2.71. The Bertz CT molecular complexity index is 833. The molecule has 7 heteroatoms. The maximum Gasteiger partial charge on any atom is 0.307 e. The third-order valence-electron chi connectivity index (χ3n) is 9.57. The molecule has 3 fully saturated rings. The van der Waals surface area contributed by atoms with E-state index in [9.17, 15) is 29.7 Å². The van der Waals surface area contributed by atoms with Gasteiger partial charge in [-0.3, -0.25) is 14.4 Å². The summed E-state index contributed by atoms with van der Waals surface area (Å²) >= 11 is 0. The lowest BCUT2D eigenvalue weighted by Gasteiger charge is -2.64. The Morgan fingerprint density at radius 3 is 2.43 bits per heavy atom. The summed E-state index contributed by atoms with van der Waals surface area (Å²) in [5.41, 5.74) is -2.99. The Hall–Kier alpha value is -1.73. The first-order valence-corrected chi connectivity index (χ1v) is 11.0. The zero-order valence-electron chi connectivity index (χ0n) is 17.7. The maximum atomic E-state index is 12.3. The van der Waals surface area contributed by atoms with Gasteiger partial charge in [-0.2, -0.15) is 0 Å². The van der Waals surface area contributed by atoms with E-state index in [1.54, 1.807) is 6.08 Å². The van der Waals surface area contributed by atoms with Gasteiger partial charge < -0.3 is 20.4 Å². The van der Waals surface area contributed by atoms with Crippen LogP contribution < -0.4 is 0 Å². The van der Waals surface area contributed by atoms with Gasteiger partial charge in [0.25, 0.3) is 0 Å². The lowest BCUT2D eigenvalue weighted by Crippen LogP contribution is -2.67. The number of fused-ring (bicyclic) bond motifs is 5. The summed E-state index contributed by atoms with van der Waals surface area (Å²) in [6.07, 6.45) is 4.47. The first-order valence-electron chi connectivity index (χ1n) is 11.0. The van der Waals surface area contributed by atoms with Crippen molar-refractivity contribution in [3.63, 3.8) is 0 Å². The molecule has 166 valence electrons. The minimum absolute atomic E-state index is 0.0155. The van der Waals surface area contributed by atoms with E-state index in [1.165, 1.54) is 0 Å². The molecule has 0 aromatic heterocycles. The number of rotatable bonds is 4. The average Bonchev–Trinajstić information content (AvgIpc) is 2.93. The zero-order chi connectivity index (χ0) is 22.1. The van der Waals surface area contributed by atoms with Crippen LogP contribution >= 0.6 is 0 Å². The molecule has 4 rings (SSSR count). The number of aliphatic carboxylic acids is 2. The summed E-state index contributed by atoms with van der Waals surface area (Å²) in [6, 6.07) is 0. The molecule has 0 aromatic carbocycles. The standard InChI is InChI=1S/C23H32O7/c1-20-6-3-14(24)11-13(20)12-15(19(27)28)18-16-4-7-22(29,8-5-17(25)26)21(16,2)9-10-23(18,20)30/h11,15-16,18,29-30H,3-10,12H2,1-2H3,(H,25,26)(H,27,28)/t15-,16+,18+,20+,21+,22-,23-/m1/s1. The van der Waals surface area contributed by atoms with Crippen LogP contribution in [0.2, 0.25) is 0 Å². The maximum absolute atomic E-state index is 12.3. The normalized spacial score (nSPS) is 47.7. The quantitative estimate of drug-likeness (QED) is 0.549. The second-order valence-electron chi connectivity index (χ2n) is 10.6. The van der Waals surface area contributed by atoms with Crippen molar-refractivity contribution < 1.29 is 34.8 Å². The monoisotopic (exact) mass is 420 g/mol. The Labute approximate surface area is 176 Å². The predicted octanol–water partition coefficient (Wildman–Crippen LogP) is 2.54. The van der Waals surface area contributed by atoms with E-state index in [0.29, 0.717) is 38.5 Å². The van der Waals surface area contributed by atoms with Gasteiger partial charge in [-0.05, 0) is 62.4 Å². The van der Waals surface area contributed by atoms with Gasteiger partial charge in [0, 0.05) is 24.2 Å². The molecule has 7 atom stereocenters. The number of hydrogen-bond donors (Lipinski definition) is 4. The molecule has 30 heavy (non-hydrogen) atoms. The Morgan fingerprint density at radius 1 is 1.10 bits per heavy atom. The smallest absolute Gasteiger partial charge is 0.307 e. The summed E-state index contributed by atoms with van der Waals surface area (Å²) in [4.78, 5) is 35.5. The Morgan fingerprint density at radius 2 is 1.80 bits per heavy atom. The third-order valence-corrected chi connectivity index (χ3v) is 9.57. The van der Waals surface area contributed by atoms with Crippen LogP contribution in [0.5, 0.6) is 0 Å². The van der Waals surface area contributed by atoms with E-state index >= 15 is 0 Å². The van der Waals surface area contributed by atoms with Crippen molar-refractivity contribution in [2.45, 2.75) is 82.8 Å². The Balaban J connectivity index is 1.78. The molecule has 0 heterocycles. The summed E-state index contributed by atoms with van der Waals surface area (Å²) < 4.78 is 0. The molecule has 4 N–H and O–H groups in total. The average molecular weight is 421 g/mol. The molecule has 4 aliphatic carbocycles. The first-order chi connectivity index (χ1) is 13.9. The van der Waals surface area contributed by atoms with Crippen LogP contribution in [0.1, 0.15) is 71.6 Å². The van der Waals surface area contributed by atoms with Crippen LogP contribution in [-0.4, -0.2) is 49.4 Å². The van der Waals surface area contributed by atoms with Gasteiger partial charge in [0.05, 0.1) is 17.1 Å². The second kappa shape index (κ2) is 6.63. The number of carbonyl (C=O) groups is 3. The largest absolute Gasteiger partial charge is 0.481 e. The van der Waals surface area contributed by atoms with Crippen molar-refractivity contribution in [1.82, 2.24) is 0 Å². The zero-order valence-corrected chi connectivity index (χ0v) is 17.7. The summed E-state index contributed by atoms with van der Waals surface area (Å²) in [5, 5.41) is 42.8. The molecule has 4 aliphatic rings. The fourth-order valence-electron chi connectivity index (χ4n) is 7.61. The molecule has 0 aromatic rings. The van der Waals surface area contributed by atoms with Gasteiger partial charge in [-0.1, -0.05) is 19.4 Å². The molecule has 7 nitrogen and oxygen atoms in total. The van der Waals surface area contributed by atoms with Crippen molar-refractivity contribution in [3.8, 4) is 0 Å². The van der Waals surface area contributed by atoms with E-state index < -0.39 is 45.8 Å². The van der Waals surface area contributed by atoms with Gasteiger partial charge in [0.1, 0.15) is 0 Å². The second-order valence-corrected chi connectivity index (χ2v) is 10.6. The van der Waals surface area contributed by atoms with Crippen LogP contribution in [0.3, 0.4) is 0 Å². The molecule has 0 amide bonds. The van der Waals surface area contributed by atoms with Crippen molar-refractivity contribution >= 4 is 17.7 Å². The lowest BCUT2D eigenvalue weighted by atomic mass is 9.42. The predicted molar refractivity (Wildman–Crippen MR) is 106 cm³/mol. The summed E-state index contributed by atoms with van der Waals surface area (Å²) in [7, 11) is 0. The van der Waals surface area contributed by atoms with Crippen LogP contribution in [0, 0.1) is 28.6 Å². The van der Waals surface area contributed by atoms with E-state index in [4.69, 9.17) is 5.11 Å². The van der Waals surface area contributed by atoms with E-state index in [2.05, 4.69) is 0 Å². The van der Waals surface area contributed by atoms with Crippen LogP contribution in [-0.2, 0) is 14.4 Å². The Kier molecular flexibility index (Phi) is 4.75. The van der Waals surface area contributed by atoms with Gasteiger partial charge >= 0.3 is 11.9 Å². The van der Waals surface area contributed by atoms with Gasteiger partial charge in [0.15, 0.2) is 5.78 Å². The number of carbonyl (C=O) groups excluding carboxylic acids is 1. The SMILES string of the molecule is C[C@]12CCC(=O)C=C1C[C@@H](C(=O)O)[C@H]1[C@@H]3CC[C@@](O)(CCC(=O)O)[C@@]3(C)CC[C@@]12O. The molecule has 0 spiro atoms. The number of ketones is 1. The van der Waals surface area contributed by atoms with Gasteiger partial charge in [-0.25, -0.2) is 0 Å². The molecule has 0 unspecified atom stereocenters. The van der Waals surface area contributed by atoms with Crippen molar-refractivity contribution in [2.24, 2.45) is 28.6 Å². The number of carboxylic acids is 2. The topological polar surface area (TPSA) is 132 Å². The van der Waals surface area contributed by atoms with Crippen molar-refractivity contribution in [2.75, 3.05) is 0 Å². The number of aliphatic hydroxyl groups is 2. The van der Waals surface area contributed by atoms with Crippen LogP contribution in [0.15, 0.2) is 11.6 Å². The van der Waals surface area contributed by atoms with Crippen molar-refractivity contribution in [3.05, 3.63) is 11.6 Å². The lowest BCUT2D eigenvalue weighted by molar-refractivity contribution is -0.228. The highest BCUT2D eigenvalue weighted by Crippen LogP contribution is 2.70. The molecular formula is C23H32O7. The summed E-state index contributed by atoms with van der Waals surface area (Å²) in [6.45, 7) is 3.91. The van der Waals surface area contributed by atoms with E-state index in [1.807, 2.05) is 13.8 Å². The van der Waals surface area contributed by atoms with E-state index in [0.717, 1.165) is 5.57 Å². The highest BCUT2D eigenvalue weighted by molar-refractivity contribution is 5.92. The molecule has 3 saturated carbocycles. The first kappa shape index (κ1) is 21.5. The molecular weight excluding hydrogens is 388 g/mol. The molecule has 0 aliphatic heterocycles. The van der Waals surface area contributed by atoms with Crippen LogP contribution in [0.25, 0.3) is 0 Å². The van der Waals surface area contributed by atoms with Gasteiger partial charge in [0.2, 0.25) is 0 Å².